The fourth-order valence-corrected chi connectivity index (χ4v) is 4.32. The molecule has 1 aromatic heterocycles. The Kier molecular flexibility index (Phi) is 6.58. The van der Waals surface area contributed by atoms with E-state index in [-0.39, 0.29) is 17.5 Å². The number of benzene rings is 1. The molecule has 3 rings (SSSR count). The number of nitrogens with zero attached hydrogens (tertiary/aromatic N) is 2. The Balaban J connectivity index is 1.48. The third-order valence-corrected chi connectivity index (χ3v) is 6.37. The first-order chi connectivity index (χ1) is 12.5. The molecule has 26 heavy (non-hydrogen) atoms. The van der Waals surface area contributed by atoms with Crippen LogP contribution in [0.15, 0.2) is 29.6 Å². The van der Waals surface area contributed by atoms with Crippen molar-refractivity contribution in [3.05, 3.63) is 35.5 Å². The number of anilines is 1. The molecule has 2 N–H and O–H groups in total. The molecule has 0 radical (unpaired) electrons. The molecule has 138 valence electrons. The number of nitrogens with one attached hydrogen (secondary N) is 2. The van der Waals surface area contributed by atoms with Crippen LogP contribution in [0.4, 0.5) is 9.52 Å². The van der Waals surface area contributed by atoms with E-state index in [4.69, 9.17) is 12.2 Å². The van der Waals surface area contributed by atoms with Gasteiger partial charge in [-0.1, -0.05) is 24.0 Å². The number of amides is 1. The number of halogens is 1. The number of thiazole rings is 1. The van der Waals surface area contributed by atoms with E-state index in [2.05, 4.69) is 22.2 Å². The Hall–Kier alpha value is -1.55. The van der Waals surface area contributed by atoms with Crippen molar-refractivity contribution in [2.45, 2.75) is 0 Å². The maximum atomic E-state index is 13.0. The largest absolute Gasteiger partial charge is 0.346 e. The SMILES string of the molecule is C[NH+]1CCN(C(=S)SCC(=O)Nc2nc(-c3ccc(F)cc3)cs2)CC1. The van der Waals surface area contributed by atoms with Crippen molar-refractivity contribution < 1.29 is 14.1 Å². The van der Waals surface area contributed by atoms with Gasteiger partial charge in [-0.2, -0.15) is 0 Å². The molecule has 1 aliphatic rings. The molecule has 0 spiro atoms. The summed E-state index contributed by atoms with van der Waals surface area (Å²) in [6, 6.07) is 6.12. The van der Waals surface area contributed by atoms with E-state index in [1.165, 1.54) is 40.1 Å². The first-order valence-electron chi connectivity index (χ1n) is 8.25. The molecule has 1 aromatic carbocycles. The molecule has 1 amide bonds. The van der Waals surface area contributed by atoms with E-state index < -0.39 is 0 Å². The Morgan fingerprint density at radius 1 is 1.38 bits per heavy atom. The molecule has 2 heterocycles. The van der Waals surface area contributed by atoms with E-state index in [0.29, 0.717) is 10.8 Å². The number of hydrogen-bond donors (Lipinski definition) is 2. The second-order valence-corrected chi connectivity index (χ2v) is 8.56. The summed E-state index contributed by atoms with van der Waals surface area (Å²) in [5, 5.41) is 5.17. The summed E-state index contributed by atoms with van der Waals surface area (Å²) in [4.78, 5) is 20.2. The Morgan fingerprint density at radius 2 is 2.08 bits per heavy atom. The summed E-state index contributed by atoms with van der Waals surface area (Å²) in [5.74, 6) is -0.145. The lowest BCUT2D eigenvalue weighted by Gasteiger charge is -2.31. The van der Waals surface area contributed by atoms with Crippen molar-refractivity contribution in [1.29, 1.82) is 0 Å². The van der Waals surface area contributed by atoms with Gasteiger partial charge < -0.3 is 15.1 Å². The number of aromatic nitrogens is 1. The van der Waals surface area contributed by atoms with Crippen molar-refractivity contribution >= 4 is 50.7 Å². The summed E-state index contributed by atoms with van der Waals surface area (Å²) in [7, 11) is 2.18. The molecule has 9 heteroatoms. The van der Waals surface area contributed by atoms with Crippen molar-refractivity contribution in [2.75, 3.05) is 44.3 Å². The summed E-state index contributed by atoms with van der Waals surface area (Å²) in [5.41, 5.74) is 1.53. The molecule has 5 nitrogen and oxygen atoms in total. The minimum absolute atomic E-state index is 0.128. The van der Waals surface area contributed by atoms with Crippen molar-refractivity contribution in [3.8, 4) is 11.3 Å². The van der Waals surface area contributed by atoms with Gasteiger partial charge in [-0.15, -0.1) is 11.3 Å². The van der Waals surface area contributed by atoms with Crippen LogP contribution in [0.3, 0.4) is 0 Å². The van der Waals surface area contributed by atoms with Gasteiger partial charge in [0.25, 0.3) is 0 Å². The molecule has 1 saturated heterocycles. The number of piperazine rings is 1. The lowest BCUT2D eigenvalue weighted by molar-refractivity contribution is -0.883. The van der Waals surface area contributed by atoms with Gasteiger partial charge in [-0.25, -0.2) is 9.37 Å². The highest BCUT2D eigenvalue weighted by molar-refractivity contribution is 8.23. The Bertz CT molecular complexity index is 773. The molecular weight excluding hydrogens is 391 g/mol. The number of hydrogen-bond acceptors (Lipinski definition) is 5. The van der Waals surface area contributed by atoms with Crippen LogP contribution in [0.2, 0.25) is 0 Å². The number of likely N-dealkylation sites (N-methyl/N-ethyl adjacent to an activating group) is 1. The zero-order chi connectivity index (χ0) is 18.5. The van der Waals surface area contributed by atoms with E-state index in [1.807, 2.05) is 5.38 Å². The standard InChI is InChI=1S/C17H19FN4OS3/c1-21-6-8-22(9-7-21)17(24)26-11-15(23)20-16-19-14(10-25-16)12-2-4-13(18)5-3-12/h2-5,10H,6-9,11H2,1H3,(H,19,20,23)/p+1. The summed E-state index contributed by atoms with van der Waals surface area (Å²) in [6.07, 6.45) is 0. The second kappa shape index (κ2) is 8.90. The zero-order valence-electron chi connectivity index (χ0n) is 14.3. The second-order valence-electron chi connectivity index (χ2n) is 6.09. The Morgan fingerprint density at radius 3 is 2.77 bits per heavy atom. The van der Waals surface area contributed by atoms with Crippen LogP contribution in [0, 0.1) is 5.82 Å². The quantitative estimate of drug-likeness (QED) is 0.751. The molecule has 0 bridgehead atoms. The van der Waals surface area contributed by atoms with Gasteiger partial charge in [-0.3, -0.25) is 4.79 Å². The monoisotopic (exact) mass is 411 g/mol. The minimum Gasteiger partial charge on any atom is -0.346 e. The molecule has 1 fully saturated rings. The van der Waals surface area contributed by atoms with Gasteiger partial charge in [0, 0.05) is 10.9 Å². The van der Waals surface area contributed by atoms with Gasteiger partial charge in [0.2, 0.25) is 5.91 Å². The molecule has 0 aliphatic carbocycles. The number of carbonyl (C=O) groups is 1. The summed E-state index contributed by atoms with van der Waals surface area (Å²) < 4.78 is 13.8. The topological polar surface area (TPSA) is 49.7 Å². The van der Waals surface area contributed by atoms with Crippen LogP contribution in [0.5, 0.6) is 0 Å². The van der Waals surface area contributed by atoms with Gasteiger partial charge >= 0.3 is 0 Å². The average molecular weight is 412 g/mol. The van der Waals surface area contributed by atoms with Crippen molar-refractivity contribution in [1.82, 2.24) is 9.88 Å². The van der Waals surface area contributed by atoms with Crippen LogP contribution in [0.1, 0.15) is 0 Å². The zero-order valence-corrected chi connectivity index (χ0v) is 16.8. The first kappa shape index (κ1) is 19.2. The summed E-state index contributed by atoms with van der Waals surface area (Å²) in [6.45, 7) is 4.01. The lowest BCUT2D eigenvalue weighted by Crippen LogP contribution is -3.12. The maximum absolute atomic E-state index is 13.0. The molecule has 0 unspecified atom stereocenters. The van der Waals surface area contributed by atoms with Crippen LogP contribution in [-0.2, 0) is 4.79 Å². The average Bonchev–Trinajstić information content (AvgIpc) is 3.09. The van der Waals surface area contributed by atoms with E-state index in [0.717, 1.165) is 36.1 Å². The third kappa shape index (κ3) is 5.23. The first-order valence-corrected chi connectivity index (χ1v) is 10.5. The number of carbonyl (C=O) groups excluding carboxylic acids is 1. The maximum Gasteiger partial charge on any atom is 0.236 e. The van der Waals surface area contributed by atoms with Crippen LogP contribution >= 0.6 is 35.3 Å². The van der Waals surface area contributed by atoms with Gasteiger partial charge in [-0.05, 0) is 24.3 Å². The molecule has 0 atom stereocenters. The minimum atomic E-state index is -0.285. The van der Waals surface area contributed by atoms with Crippen molar-refractivity contribution in [2.24, 2.45) is 0 Å². The van der Waals surface area contributed by atoms with Gasteiger partial charge in [0.1, 0.15) is 10.1 Å². The van der Waals surface area contributed by atoms with E-state index in [1.54, 1.807) is 12.1 Å². The van der Waals surface area contributed by atoms with Crippen LogP contribution in [0.25, 0.3) is 11.3 Å². The predicted molar refractivity (Wildman–Crippen MR) is 109 cm³/mol. The highest BCUT2D eigenvalue weighted by atomic mass is 32.2. The van der Waals surface area contributed by atoms with Crippen molar-refractivity contribution in [3.63, 3.8) is 0 Å². The van der Waals surface area contributed by atoms with Gasteiger partial charge in [0.15, 0.2) is 5.13 Å². The number of thiocarbonyl (C=S) groups is 1. The predicted octanol–water partition coefficient (Wildman–Crippen LogP) is 1.74. The highest BCUT2D eigenvalue weighted by Gasteiger charge is 2.20. The molecule has 2 aromatic rings. The van der Waals surface area contributed by atoms with E-state index in [9.17, 15) is 9.18 Å². The fourth-order valence-electron chi connectivity index (χ4n) is 2.53. The molecule has 0 saturated carbocycles. The fraction of sp³-hybridized carbons (Fsp3) is 0.353. The number of thioether (sulfide) groups is 1. The summed E-state index contributed by atoms with van der Waals surface area (Å²) >= 11 is 8.17. The highest BCUT2D eigenvalue weighted by Crippen LogP contribution is 2.25. The number of quaternary nitrogens is 1. The molecule has 1 aliphatic heterocycles. The lowest BCUT2D eigenvalue weighted by atomic mass is 10.2. The smallest absolute Gasteiger partial charge is 0.236 e. The van der Waals surface area contributed by atoms with E-state index >= 15 is 0 Å². The number of rotatable bonds is 4. The van der Waals surface area contributed by atoms with Crippen LogP contribution in [-0.4, -0.2) is 59.1 Å². The van der Waals surface area contributed by atoms with Crippen LogP contribution < -0.4 is 10.2 Å². The Labute approximate surface area is 165 Å². The third-order valence-electron chi connectivity index (χ3n) is 4.09. The normalized spacial score (nSPS) is 15.1. The van der Waals surface area contributed by atoms with Gasteiger partial charge in [0.05, 0.1) is 44.7 Å². The molecular formula is C17H20FN4OS3+.